The molecule has 35 heavy (non-hydrogen) atoms. The number of rotatable bonds is 12. The number of carbonyl (C=O) groups is 2. The molecule has 184 valence electrons. The number of aromatic amines is 2. The Labute approximate surface area is 207 Å². The number of nitrogens with zero attached hydrogens (tertiary/aromatic N) is 2. The van der Waals surface area contributed by atoms with Crippen molar-refractivity contribution in [2.45, 2.75) is 38.0 Å². The fourth-order valence-corrected chi connectivity index (χ4v) is 4.54. The van der Waals surface area contributed by atoms with Gasteiger partial charge in [0.05, 0.1) is 36.4 Å². The predicted octanol–water partition coefficient (Wildman–Crippen LogP) is 4.23. The number of ether oxygens (including phenoxy) is 1. The molecule has 0 saturated heterocycles. The number of aromatic nitrogens is 4. The number of hydrogen-bond donors (Lipinski definition) is 4. The summed E-state index contributed by atoms with van der Waals surface area (Å²) >= 11 is 1.32. The summed E-state index contributed by atoms with van der Waals surface area (Å²) in [5.41, 5.74) is 4.48. The molecular weight excluding hydrogens is 464 g/mol. The summed E-state index contributed by atoms with van der Waals surface area (Å²) in [6.45, 7) is 0.461. The van der Waals surface area contributed by atoms with Crippen molar-refractivity contribution < 1.29 is 14.3 Å². The Morgan fingerprint density at radius 1 is 1.11 bits per heavy atom. The molecule has 10 heteroatoms. The molecule has 0 aliphatic heterocycles. The summed E-state index contributed by atoms with van der Waals surface area (Å²) in [5.74, 6) is 1.58. The van der Waals surface area contributed by atoms with Crippen LogP contribution in [0.15, 0.2) is 42.2 Å². The van der Waals surface area contributed by atoms with Gasteiger partial charge < -0.3 is 25.3 Å². The van der Waals surface area contributed by atoms with E-state index in [1.54, 1.807) is 25.9 Å². The highest BCUT2D eigenvalue weighted by molar-refractivity contribution is 7.11. The first-order chi connectivity index (χ1) is 17.1. The summed E-state index contributed by atoms with van der Waals surface area (Å²) in [6, 6.07) is 7.97. The molecular formula is C25H30N6O3S. The maximum atomic E-state index is 12.5. The zero-order chi connectivity index (χ0) is 24.6. The topological polar surface area (TPSA) is 125 Å². The number of thiazole rings is 1. The quantitative estimate of drug-likeness (QED) is 0.219. The van der Waals surface area contributed by atoms with E-state index in [9.17, 15) is 9.59 Å². The van der Waals surface area contributed by atoms with Crippen LogP contribution in [0.4, 0.5) is 0 Å². The van der Waals surface area contributed by atoms with Crippen LogP contribution >= 0.6 is 11.3 Å². The molecule has 0 radical (unpaired) electrons. The lowest BCUT2D eigenvalue weighted by molar-refractivity contribution is -0.120. The van der Waals surface area contributed by atoms with Gasteiger partial charge in [0.25, 0.3) is 5.91 Å². The van der Waals surface area contributed by atoms with Crippen molar-refractivity contribution in [3.8, 4) is 17.1 Å². The molecule has 0 fully saturated rings. The van der Waals surface area contributed by atoms with E-state index in [-0.39, 0.29) is 17.7 Å². The van der Waals surface area contributed by atoms with E-state index in [4.69, 9.17) is 4.74 Å². The van der Waals surface area contributed by atoms with Crippen LogP contribution in [0.3, 0.4) is 0 Å². The Kier molecular flexibility index (Phi) is 8.15. The third kappa shape index (κ3) is 6.27. The summed E-state index contributed by atoms with van der Waals surface area (Å²) in [4.78, 5) is 40.0. The molecule has 0 spiro atoms. The van der Waals surface area contributed by atoms with Crippen LogP contribution in [0.25, 0.3) is 22.3 Å². The maximum absolute atomic E-state index is 12.5. The second kappa shape index (κ2) is 11.7. The van der Waals surface area contributed by atoms with E-state index in [1.807, 2.05) is 24.4 Å². The maximum Gasteiger partial charge on any atom is 0.263 e. The Morgan fingerprint density at radius 2 is 2.00 bits per heavy atom. The highest BCUT2D eigenvalue weighted by atomic mass is 32.1. The second-order valence-corrected chi connectivity index (χ2v) is 9.25. The summed E-state index contributed by atoms with van der Waals surface area (Å²) < 4.78 is 5.33. The first kappa shape index (κ1) is 24.5. The van der Waals surface area contributed by atoms with Gasteiger partial charge in [0.1, 0.15) is 16.5 Å². The Hall–Kier alpha value is -3.66. The lowest BCUT2D eigenvalue weighted by Gasteiger charge is -2.15. The van der Waals surface area contributed by atoms with E-state index >= 15 is 0 Å². The van der Waals surface area contributed by atoms with Crippen molar-refractivity contribution in [1.29, 1.82) is 0 Å². The third-order valence-electron chi connectivity index (χ3n) is 6.00. The molecule has 3 aromatic heterocycles. The zero-order valence-corrected chi connectivity index (χ0v) is 20.7. The normalized spacial score (nSPS) is 11.9. The lowest BCUT2D eigenvalue weighted by atomic mass is 9.99. The molecule has 4 N–H and O–H groups in total. The number of H-pyrrole nitrogens is 2. The standard InChI is InChI=1S/C25H30N6O3S/c1-26-23(32)7-5-3-4-6-16(12-29-25(33)22-14-27-15-35-22)24-28-13-21(31-24)20-11-17-10-18(34-2)8-9-19(17)30-20/h8-11,13-16,30H,3-7,12H2,1-2H3,(H,26,32)(H,28,31)(H,29,33). The molecule has 2 amide bonds. The molecule has 0 aliphatic carbocycles. The van der Waals surface area contributed by atoms with Crippen molar-refractivity contribution in [2.24, 2.45) is 0 Å². The van der Waals surface area contributed by atoms with Gasteiger partial charge in [0, 0.05) is 36.8 Å². The van der Waals surface area contributed by atoms with Crippen molar-refractivity contribution in [3.05, 3.63) is 52.9 Å². The van der Waals surface area contributed by atoms with Gasteiger partial charge >= 0.3 is 0 Å². The average molecular weight is 495 g/mol. The van der Waals surface area contributed by atoms with E-state index < -0.39 is 0 Å². The van der Waals surface area contributed by atoms with E-state index in [0.717, 1.165) is 59.5 Å². The SMILES string of the molecule is CNC(=O)CCCCCC(CNC(=O)c1cncs1)c1ncc(-c2cc3cc(OC)ccc3[nH]2)[nH]1. The number of nitrogens with one attached hydrogen (secondary N) is 4. The van der Waals surface area contributed by atoms with Crippen LogP contribution in [0, 0.1) is 0 Å². The number of unbranched alkanes of at least 4 members (excludes halogenated alkanes) is 2. The largest absolute Gasteiger partial charge is 0.497 e. The van der Waals surface area contributed by atoms with Gasteiger partial charge in [-0.15, -0.1) is 11.3 Å². The average Bonchev–Trinajstić information content (AvgIpc) is 3.65. The summed E-state index contributed by atoms with van der Waals surface area (Å²) in [5, 5.41) is 6.73. The fourth-order valence-electron chi connectivity index (χ4n) is 4.01. The van der Waals surface area contributed by atoms with Crippen LogP contribution in [-0.4, -0.2) is 52.5 Å². The van der Waals surface area contributed by atoms with Gasteiger partial charge in [-0.05, 0) is 37.1 Å². The van der Waals surface area contributed by atoms with E-state index in [0.29, 0.717) is 17.8 Å². The number of fused-ring (bicyclic) bond motifs is 1. The number of methoxy groups -OCH3 is 1. The number of carbonyl (C=O) groups excluding carboxylic acids is 2. The third-order valence-corrected chi connectivity index (χ3v) is 6.77. The number of benzene rings is 1. The van der Waals surface area contributed by atoms with Crippen LogP contribution in [-0.2, 0) is 4.79 Å². The Bertz CT molecular complexity index is 1260. The van der Waals surface area contributed by atoms with Gasteiger partial charge in [-0.25, -0.2) is 4.98 Å². The molecule has 1 unspecified atom stereocenters. The van der Waals surface area contributed by atoms with E-state index in [1.165, 1.54) is 11.3 Å². The fraction of sp³-hybridized carbons (Fsp3) is 0.360. The monoisotopic (exact) mass is 494 g/mol. The van der Waals surface area contributed by atoms with Crippen LogP contribution < -0.4 is 15.4 Å². The molecule has 0 bridgehead atoms. The van der Waals surface area contributed by atoms with Crippen LogP contribution in [0.1, 0.15) is 53.5 Å². The summed E-state index contributed by atoms with van der Waals surface area (Å²) in [7, 11) is 3.31. The minimum atomic E-state index is -0.131. The van der Waals surface area contributed by atoms with Gasteiger partial charge in [-0.1, -0.05) is 12.8 Å². The van der Waals surface area contributed by atoms with E-state index in [2.05, 4.69) is 36.6 Å². The first-order valence-corrected chi connectivity index (χ1v) is 12.5. The zero-order valence-electron chi connectivity index (χ0n) is 19.9. The highest BCUT2D eigenvalue weighted by Crippen LogP contribution is 2.28. The van der Waals surface area contributed by atoms with Crippen LogP contribution in [0.5, 0.6) is 5.75 Å². The molecule has 3 heterocycles. The van der Waals surface area contributed by atoms with Gasteiger partial charge in [-0.3, -0.25) is 14.6 Å². The molecule has 4 aromatic rings. The minimum absolute atomic E-state index is 0.0186. The number of amides is 2. The molecule has 0 saturated carbocycles. The molecule has 1 atom stereocenters. The molecule has 4 rings (SSSR count). The van der Waals surface area contributed by atoms with Crippen molar-refractivity contribution in [3.63, 3.8) is 0 Å². The Morgan fingerprint density at radius 3 is 2.77 bits per heavy atom. The van der Waals surface area contributed by atoms with Crippen molar-refractivity contribution >= 4 is 34.1 Å². The molecule has 9 nitrogen and oxygen atoms in total. The molecule has 0 aliphatic rings. The molecule has 1 aromatic carbocycles. The lowest BCUT2D eigenvalue weighted by Crippen LogP contribution is -2.28. The second-order valence-electron chi connectivity index (χ2n) is 8.36. The van der Waals surface area contributed by atoms with Crippen molar-refractivity contribution in [2.75, 3.05) is 20.7 Å². The Balaban J connectivity index is 1.45. The number of hydrogen-bond acceptors (Lipinski definition) is 6. The smallest absolute Gasteiger partial charge is 0.263 e. The van der Waals surface area contributed by atoms with Gasteiger partial charge in [0.15, 0.2) is 0 Å². The van der Waals surface area contributed by atoms with Gasteiger partial charge in [-0.2, -0.15) is 0 Å². The summed E-state index contributed by atoms with van der Waals surface area (Å²) in [6.07, 6.45) is 7.46. The highest BCUT2D eigenvalue weighted by Gasteiger charge is 2.18. The van der Waals surface area contributed by atoms with Crippen molar-refractivity contribution in [1.82, 2.24) is 30.6 Å². The first-order valence-electron chi connectivity index (χ1n) is 11.7. The van der Waals surface area contributed by atoms with Gasteiger partial charge in [0.2, 0.25) is 5.91 Å². The minimum Gasteiger partial charge on any atom is -0.497 e. The number of imidazole rings is 1. The van der Waals surface area contributed by atoms with Crippen LogP contribution in [0.2, 0.25) is 0 Å². The predicted molar refractivity (Wildman–Crippen MR) is 137 cm³/mol.